The molecular formula is C8H7BrF3NO. The Morgan fingerprint density at radius 3 is 2.57 bits per heavy atom. The fraction of sp³-hybridized carbons (Fsp3) is 0.375. The summed E-state index contributed by atoms with van der Waals surface area (Å²) in [6.07, 6.45) is -2.30. The van der Waals surface area contributed by atoms with Crippen molar-refractivity contribution in [3.8, 4) is 0 Å². The zero-order valence-electron chi connectivity index (χ0n) is 7.23. The summed E-state index contributed by atoms with van der Waals surface area (Å²) in [4.78, 5) is 12.1. The Kier molecular flexibility index (Phi) is 3.04. The molecule has 0 atom stereocenters. The maximum atomic E-state index is 12.3. The third-order valence-electron chi connectivity index (χ3n) is 1.69. The van der Waals surface area contributed by atoms with Crippen LogP contribution in [0.15, 0.2) is 22.3 Å². The van der Waals surface area contributed by atoms with Gasteiger partial charge in [-0.25, -0.2) is 0 Å². The molecule has 1 rings (SSSR count). The van der Waals surface area contributed by atoms with E-state index < -0.39 is 17.7 Å². The minimum Gasteiger partial charge on any atom is -0.317 e. The summed E-state index contributed by atoms with van der Waals surface area (Å²) < 4.78 is 37.5. The molecule has 2 nitrogen and oxygen atoms in total. The Morgan fingerprint density at radius 1 is 1.50 bits per heavy atom. The normalized spacial score (nSPS) is 18.9. The van der Waals surface area contributed by atoms with Crippen LogP contribution < -0.4 is 0 Å². The van der Waals surface area contributed by atoms with Gasteiger partial charge in [-0.15, -0.1) is 0 Å². The number of carbonyl (C=O) groups is 1. The summed E-state index contributed by atoms with van der Waals surface area (Å²) in [7, 11) is 1.29. The lowest BCUT2D eigenvalue weighted by molar-refractivity contribution is -0.136. The summed E-state index contributed by atoms with van der Waals surface area (Å²) in [6.45, 7) is 0. The van der Waals surface area contributed by atoms with E-state index in [1.807, 2.05) is 0 Å². The highest BCUT2D eigenvalue weighted by Crippen LogP contribution is 2.30. The van der Waals surface area contributed by atoms with Crippen molar-refractivity contribution in [2.75, 3.05) is 7.05 Å². The van der Waals surface area contributed by atoms with Gasteiger partial charge in [0.25, 0.3) is 5.91 Å². The highest BCUT2D eigenvalue weighted by molar-refractivity contribution is 9.11. The number of allylic oxidation sites excluding steroid dienone is 2. The van der Waals surface area contributed by atoms with Crippen molar-refractivity contribution in [3.05, 3.63) is 22.3 Å². The van der Waals surface area contributed by atoms with E-state index in [2.05, 4.69) is 15.9 Å². The number of likely N-dealkylation sites (N-methyl/N-ethyl adjacent to an activating group) is 1. The zero-order chi connectivity index (χ0) is 10.9. The maximum Gasteiger partial charge on any atom is 0.421 e. The van der Waals surface area contributed by atoms with E-state index >= 15 is 0 Å². The van der Waals surface area contributed by atoms with Crippen molar-refractivity contribution in [1.82, 2.24) is 4.90 Å². The highest BCUT2D eigenvalue weighted by Gasteiger charge is 2.40. The van der Waals surface area contributed by atoms with Crippen LogP contribution in [0, 0.1) is 0 Å². The Labute approximate surface area is 87.2 Å². The van der Waals surface area contributed by atoms with Gasteiger partial charge in [0, 0.05) is 17.7 Å². The van der Waals surface area contributed by atoms with E-state index in [-0.39, 0.29) is 6.42 Å². The lowest BCUT2D eigenvalue weighted by Crippen LogP contribution is -2.29. The van der Waals surface area contributed by atoms with Gasteiger partial charge in [-0.05, 0) is 6.42 Å². The van der Waals surface area contributed by atoms with Crippen LogP contribution in [0.25, 0.3) is 0 Å². The molecule has 0 aromatic carbocycles. The van der Waals surface area contributed by atoms with Crippen LogP contribution in [0.4, 0.5) is 13.2 Å². The molecule has 0 aromatic rings. The molecule has 78 valence electrons. The number of hydrogen-bond acceptors (Lipinski definition) is 1. The fourth-order valence-corrected chi connectivity index (χ4v) is 1.50. The molecule has 0 bridgehead atoms. The van der Waals surface area contributed by atoms with Gasteiger partial charge in [-0.2, -0.15) is 13.2 Å². The van der Waals surface area contributed by atoms with Crippen LogP contribution in [-0.4, -0.2) is 24.0 Å². The number of carbonyl (C=O) groups excluding carboxylic acids is 1. The Bertz CT molecular complexity index is 319. The maximum absolute atomic E-state index is 12.3. The summed E-state index contributed by atoms with van der Waals surface area (Å²) in [5, 5.41) is 0. The Hall–Kier alpha value is -0.780. The molecule has 0 radical (unpaired) electrons. The SMILES string of the molecule is CN1C=C(Br)CC=C(C(F)(F)F)C1=O. The molecule has 1 aliphatic heterocycles. The molecule has 0 unspecified atom stereocenters. The van der Waals surface area contributed by atoms with Gasteiger partial charge < -0.3 is 4.90 Å². The number of halogens is 4. The van der Waals surface area contributed by atoms with Crippen molar-refractivity contribution >= 4 is 21.8 Å². The van der Waals surface area contributed by atoms with Gasteiger partial charge in [0.15, 0.2) is 0 Å². The number of rotatable bonds is 0. The van der Waals surface area contributed by atoms with Crippen molar-refractivity contribution < 1.29 is 18.0 Å². The molecule has 0 saturated carbocycles. The summed E-state index contributed by atoms with van der Waals surface area (Å²) in [5.41, 5.74) is -1.12. The molecule has 1 heterocycles. The third-order valence-corrected chi connectivity index (χ3v) is 2.22. The average Bonchev–Trinajstić information content (AvgIpc) is 2.11. The first-order chi connectivity index (χ1) is 6.32. The van der Waals surface area contributed by atoms with Gasteiger partial charge in [0.05, 0.1) is 0 Å². The van der Waals surface area contributed by atoms with E-state index in [4.69, 9.17) is 0 Å². The fourth-order valence-electron chi connectivity index (χ4n) is 1.04. The second-order valence-electron chi connectivity index (χ2n) is 2.81. The predicted molar refractivity (Wildman–Crippen MR) is 48.5 cm³/mol. The topological polar surface area (TPSA) is 20.3 Å². The quantitative estimate of drug-likeness (QED) is 0.662. The summed E-state index contributed by atoms with van der Waals surface area (Å²) in [5.74, 6) is -1.04. The molecule has 0 aromatic heterocycles. The van der Waals surface area contributed by atoms with Crippen molar-refractivity contribution in [3.63, 3.8) is 0 Å². The van der Waals surface area contributed by atoms with Gasteiger partial charge in [0.1, 0.15) is 5.57 Å². The first-order valence-corrected chi connectivity index (χ1v) is 4.52. The van der Waals surface area contributed by atoms with Gasteiger partial charge >= 0.3 is 6.18 Å². The zero-order valence-corrected chi connectivity index (χ0v) is 8.82. The molecular weight excluding hydrogens is 263 g/mol. The molecule has 1 amide bonds. The smallest absolute Gasteiger partial charge is 0.317 e. The lowest BCUT2D eigenvalue weighted by atomic mass is 10.2. The van der Waals surface area contributed by atoms with Crippen LogP contribution in [0.3, 0.4) is 0 Å². The van der Waals surface area contributed by atoms with Gasteiger partial charge in [-0.3, -0.25) is 4.79 Å². The molecule has 0 N–H and O–H groups in total. The first kappa shape index (κ1) is 11.3. The van der Waals surface area contributed by atoms with Gasteiger partial charge in [0.2, 0.25) is 0 Å². The average molecular weight is 270 g/mol. The molecule has 0 saturated heterocycles. The van der Waals surface area contributed by atoms with Crippen LogP contribution in [0.1, 0.15) is 6.42 Å². The highest BCUT2D eigenvalue weighted by atomic mass is 79.9. The van der Waals surface area contributed by atoms with Crippen LogP contribution >= 0.6 is 15.9 Å². The largest absolute Gasteiger partial charge is 0.421 e. The Balaban J connectivity index is 3.06. The van der Waals surface area contributed by atoms with Crippen LogP contribution in [0.2, 0.25) is 0 Å². The number of amides is 1. The van der Waals surface area contributed by atoms with Crippen LogP contribution in [-0.2, 0) is 4.79 Å². The molecule has 0 spiro atoms. The van der Waals surface area contributed by atoms with Gasteiger partial charge in [-0.1, -0.05) is 22.0 Å². The predicted octanol–water partition coefficient (Wildman–Crippen LogP) is 2.57. The number of hydrogen-bond donors (Lipinski definition) is 0. The number of nitrogens with zero attached hydrogens (tertiary/aromatic N) is 1. The summed E-state index contributed by atoms with van der Waals surface area (Å²) >= 11 is 3.06. The van der Waals surface area contributed by atoms with Crippen molar-refractivity contribution in [2.45, 2.75) is 12.6 Å². The molecule has 0 aliphatic carbocycles. The van der Waals surface area contributed by atoms with E-state index in [1.54, 1.807) is 0 Å². The van der Waals surface area contributed by atoms with E-state index in [1.165, 1.54) is 13.2 Å². The van der Waals surface area contributed by atoms with E-state index in [9.17, 15) is 18.0 Å². The summed E-state index contributed by atoms with van der Waals surface area (Å²) in [6, 6.07) is 0. The molecule has 14 heavy (non-hydrogen) atoms. The molecule has 0 fully saturated rings. The number of alkyl halides is 3. The lowest BCUT2D eigenvalue weighted by Gasteiger charge is -2.14. The van der Waals surface area contributed by atoms with Crippen molar-refractivity contribution in [2.24, 2.45) is 0 Å². The third kappa shape index (κ3) is 2.37. The van der Waals surface area contributed by atoms with E-state index in [0.717, 1.165) is 11.0 Å². The van der Waals surface area contributed by atoms with Crippen LogP contribution in [0.5, 0.6) is 0 Å². The molecule has 1 aliphatic rings. The van der Waals surface area contributed by atoms with E-state index in [0.29, 0.717) is 4.48 Å². The Morgan fingerprint density at radius 2 is 2.07 bits per heavy atom. The van der Waals surface area contributed by atoms with Crippen molar-refractivity contribution in [1.29, 1.82) is 0 Å². The second-order valence-corrected chi connectivity index (χ2v) is 3.83. The minimum atomic E-state index is -4.59. The first-order valence-electron chi connectivity index (χ1n) is 3.73. The standard InChI is InChI=1S/C8H7BrF3NO/c1-13-4-5(9)2-3-6(7(13)14)8(10,11)12/h3-4H,2H2,1H3. The molecule has 6 heteroatoms. The second kappa shape index (κ2) is 3.76. The monoisotopic (exact) mass is 269 g/mol. The minimum absolute atomic E-state index is 0.0743.